The third-order valence-corrected chi connectivity index (χ3v) is 6.15. The minimum Gasteiger partial charge on any atom is -0.483 e. The van der Waals surface area contributed by atoms with Gasteiger partial charge in [0.05, 0.1) is 12.0 Å². The molecule has 1 N–H and O–H groups in total. The molecular weight excluding hydrogens is 380 g/mol. The van der Waals surface area contributed by atoms with Gasteiger partial charge in [-0.05, 0) is 48.2 Å². The summed E-state index contributed by atoms with van der Waals surface area (Å²) in [6.07, 6.45) is 0.972. The fourth-order valence-corrected chi connectivity index (χ4v) is 3.51. The van der Waals surface area contributed by atoms with Gasteiger partial charge in [-0.25, -0.2) is 8.42 Å². The SMILES string of the molecule is CCC(C)c1ccccc1OCC(=O)Nc1ccc(S(=O)(=O)N(C)OC)cc1. The predicted molar refractivity (Wildman–Crippen MR) is 108 cm³/mol. The summed E-state index contributed by atoms with van der Waals surface area (Å²) < 4.78 is 30.8. The number of anilines is 1. The average molecular weight is 407 g/mol. The molecule has 1 unspecified atom stereocenters. The Morgan fingerprint density at radius 1 is 1.14 bits per heavy atom. The number of hydrogen-bond acceptors (Lipinski definition) is 5. The molecule has 7 nitrogen and oxygen atoms in total. The van der Waals surface area contributed by atoms with Crippen molar-refractivity contribution in [2.45, 2.75) is 31.1 Å². The molecule has 2 aromatic rings. The van der Waals surface area contributed by atoms with Crippen LogP contribution in [0.2, 0.25) is 0 Å². The van der Waals surface area contributed by atoms with Crippen LogP contribution in [0.3, 0.4) is 0 Å². The summed E-state index contributed by atoms with van der Waals surface area (Å²) in [6, 6.07) is 13.5. The van der Waals surface area contributed by atoms with Crippen molar-refractivity contribution in [1.82, 2.24) is 4.47 Å². The van der Waals surface area contributed by atoms with E-state index < -0.39 is 10.0 Å². The highest BCUT2D eigenvalue weighted by Gasteiger charge is 2.20. The van der Waals surface area contributed by atoms with Crippen molar-refractivity contribution in [2.24, 2.45) is 0 Å². The van der Waals surface area contributed by atoms with Gasteiger partial charge < -0.3 is 10.1 Å². The molecule has 2 aromatic carbocycles. The molecule has 8 heteroatoms. The Kier molecular flexibility index (Phi) is 7.56. The number of carbonyl (C=O) groups excluding carboxylic acids is 1. The van der Waals surface area contributed by atoms with Crippen molar-refractivity contribution in [3.63, 3.8) is 0 Å². The first-order chi connectivity index (χ1) is 13.3. The van der Waals surface area contributed by atoms with Crippen LogP contribution >= 0.6 is 0 Å². The molecule has 0 radical (unpaired) electrons. The Morgan fingerprint density at radius 3 is 2.39 bits per heavy atom. The van der Waals surface area contributed by atoms with E-state index >= 15 is 0 Å². The summed E-state index contributed by atoms with van der Waals surface area (Å²) in [6.45, 7) is 4.07. The quantitative estimate of drug-likeness (QED) is 0.645. The maximum absolute atomic E-state index is 12.2. The number of benzene rings is 2. The number of carbonyl (C=O) groups is 1. The number of ether oxygens (including phenoxy) is 1. The van der Waals surface area contributed by atoms with Crippen LogP contribution in [0, 0.1) is 0 Å². The van der Waals surface area contributed by atoms with Gasteiger partial charge in [0.1, 0.15) is 5.75 Å². The fraction of sp³-hybridized carbons (Fsp3) is 0.350. The van der Waals surface area contributed by atoms with Gasteiger partial charge in [-0.2, -0.15) is 0 Å². The second-order valence-electron chi connectivity index (χ2n) is 6.31. The second-order valence-corrected chi connectivity index (χ2v) is 8.24. The number of hydroxylamine groups is 1. The molecular formula is C20H26N2O5S. The number of sulfonamides is 1. The monoisotopic (exact) mass is 406 g/mol. The predicted octanol–water partition coefficient (Wildman–Crippen LogP) is 3.40. The summed E-state index contributed by atoms with van der Waals surface area (Å²) in [5, 5.41) is 2.69. The highest BCUT2D eigenvalue weighted by Crippen LogP contribution is 2.28. The molecule has 2 rings (SSSR count). The average Bonchev–Trinajstić information content (AvgIpc) is 2.71. The summed E-state index contributed by atoms with van der Waals surface area (Å²) in [7, 11) is -1.15. The summed E-state index contributed by atoms with van der Waals surface area (Å²) in [4.78, 5) is 17.0. The third kappa shape index (κ3) is 5.31. The van der Waals surface area contributed by atoms with Crippen molar-refractivity contribution in [3.05, 3.63) is 54.1 Å². The van der Waals surface area contributed by atoms with Crippen molar-refractivity contribution in [3.8, 4) is 5.75 Å². The van der Waals surface area contributed by atoms with Crippen LogP contribution in [0.15, 0.2) is 53.4 Å². The molecule has 0 saturated carbocycles. The van der Waals surface area contributed by atoms with Crippen LogP contribution in [0.25, 0.3) is 0 Å². The molecule has 0 aliphatic heterocycles. The lowest BCUT2D eigenvalue weighted by Crippen LogP contribution is -2.25. The van der Waals surface area contributed by atoms with Crippen LogP contribution < -0.4 is 10.1 Å². The number of amides is 1. The maximum Gasteiger partial charge on any atom is 0.264 e. The van der Waals surface area contributed by atoms with E-state index in [0.717, 1.165) is 16.5 Å². The van der Waals surface area contributed by atoms with E-state index in [1.54, 1.807) is 0 Å². The van der Waals surface area contributed by atoms with E-state index in [2.05, 4.69) is 19.2 Å². The van der Waals surface area contributed by atoms with Crippen LogP contribution in [0.5, 0.6) is 5.75 Å². The first kappa shape index (κ1) is 21.9. The molecule has 152 valence electrons. The zero-order valence-electron chi connectivity index (χ0n) is 16.5. The molecule has 0 aliphatic carbocycles. The van der Waals surface area contributed by atoms with E-state index in [1.807, 2.05) is 24.3 Å². The lowest BCUT2D eigenvalue weighted by Gasteiger charge is -2.16. The van der Waals surface area contributed by atoms with Crippen molar-refractivity contribution in [1.29, 1.82) is 0 Å². The third-order valence-electron chi connectivity index (χ3n) is 4.45. The maximum atomic E-state index is 12.2. The van der Waals surface area contributed by atoms with Crippen molar-refractivity contribution in [2.75, 3.05) is 26.1 Å². The summed E-state index contributed by atoms with van der Waals surface area (Å²) in [5.41, 5.74) is 1.54. The van der Waals surface area contributed by atoms with Gasteiger partial charge >= 0.3 is 0 Å². The molecule has 1 amide bonds. The molecule has 0 aromatic heterocycles. The summed E-state index contributed by atoms with van der Waals surface area (Å²) >= 11 is 0. The Hall–Kier alpha value is -2.42. The van der Waals surface area contributed by atoms with E-state index in [4.69, 9.17) is 9.57 Å². The molecule has 1 atom stereocenters. The lowest BCUT2D eigenvalue weighted by molar-refractivity contribution is -0.118. The van der Waals surface area contributed by atoms with Crippen molar-refractivity contribution >= 4 is 21.6 Å². The van der Waals surface area contributed by atoms with Crippen LogP contribution in [0.4, 0.5) is 5.69 Å². The molecule has 0 heterocycles. The molecule has 0 fully saturated rings. The number of hydrogen-bond donors (Lipinski definition) is 1. The van der Waals surface area contributed by atoms with E-state index in [9.17, 15) is 13.2 Å². The fourth-order valence-electron chi connectivity index (χ4n) is 2.54. The van der Waals surface area contributed by atoms with Gasteiger partial charge in [0.15, 0.2) is 6.61 Å². The minimum atomic E-state index is -3.72. The van der Waals surface area contributed by atoms with Gasteiger partial charge in [0.2, 0.25) is 0 Å². The smallest absolute Gasteiger partial charge is 0.264 e. The lowest BCUT2D eigenvalue weighted by atomic mass is 9.98. The molecule has 0 aliphatic rings. The normalized spacial score (nSPS) is 12.6. The van der Waals surface area contributed by atoms with Gasteiger partial charge in [-0.3, -0.25) is 9.63 Å². The Bertz CT molecular complexity index is 897. The highest BCUT2D eigenvalue weighted by molar-refractivity contribution is 7.89. The van der Waals surface area contributed by atoms with Gasteiger partial charge in [0, 0.05) is 12.7 Å². The van der Waals surface area contributed by atoms with E-state index in [1.165, 1.54) is 38.4 Å². The second kappa shape index (κ2) is 9.68. The zero-order valence-corrected chi connectivity index (χ0v) is 17.3. The van der Waals surface area contributed by atoms with Gasteiger partial charge in [-0.1, -0.05) is 36.5 Å². The molecule has 0 saturated heterocycles. The number of nitrogens with zero attached hydrogens (tertiary/aromatic N) is 1. The summed E-state index contributed by atoms with van der Waals surface area (Å²) in [5.74, 6) is 0.693. The van der Waals surface area contributed by atoms with Gasteiger partial charge in [-0.15, -0.1) is 0 Å². The minimum absolute atomic E-state index is 0.0635. The van der Waals surface area contributed by atoms with Crippen LogP contribution in [0.1, 0.15) is 31.7 Å². The van der Waals surface area contributed by atoms with Crippen LogP contribution in [-0.4, -0.2) is 39.6 Å². The standard InChI is InChI=1S/C20H26N2O5S/c1-5-15(2)18-8-6-7-9-19(18)27-14-20(23)21-16-10-12-17(13-11-16)28(24,25)22(3)26-4/h6-13,15H,5,14H2,1-4H3,(H,21,23). The molecule has 28 heavy (non-hydrogen) atoms. The van der Waals surface area contributed by atoms with Crippen molar-refractivity contribution < 1.29 is 22.8 Å². The first-order valence-electron chi connectivity index (χ1n) is 8.94. The van der Waals surface area contributed by atoms with E-state index in [0.29, 0.717) is 17.4 Å². The Balaban J connectivity index is 1.99. The number of para-hydroxylation sites is 1. The van der Waals surface area contributed by atoms with Gasteiger partial charge in [0.25, 0.3) is 15.9 Å². The number of rotatable bonds is 9. The highest BCUT2D eigenvalue weighted by atomic mass is 32.2. The molecule has 0 bridgehead atoms. The Morgan fingerprint density at radius 2 is 1.79 bits per heavy atom. The topological polar surface area (TPSA) is 84.9 Å². The molecule has 0 spiro atoms. The first-order valence-corrected chi connectivity index (χ1v) is 10.4. The Labute approximate surface area is 166 Å². The van der Waals surface area contributed by atoms with Crippen LogP contribution in [-0.2, 0) is 19.7 Å². The largest absolute Gasteiger partial charge is 0.483 e. The number of nitrogens with one attached hydrogen (secondary N) is 1. The zero-order chi connectivity index (χ0) is 20.7. The van der Waals surface area contributed by atoms with E-state index in [-0.39, 0.29) is 17.4 Å².